The first-order valence-corrected chi connectivity index (χ1v) is 5.89. The molecule has 0 saturated heterocycles. The highest BCUT2D eigenvalue weighted by atomic mass is 16.5. The van der Waals surface area contributed by atoms with E-state index in [0.717, 1.165) is 0 Å². The van der Waals surface area contributed by atoms with E-state index in [-0.39, 0.29) is 5.43 Å². The Bertz CT molecular complexity index is 452. The van der Waals surface area contributed by atoms with Crippen LogP contribution in [0.3, 0.4) is 0 Å². The van der Waals surface area contributed by atoms with E-state index in [1.807, 2.05) is 0 Å². The fraction of sp³-hybridized carbons (Fsp3) is 0.538. The molecule has 1 unspecified atom stereocenters. The Kier molecular flexibility index (Phi) is 5.09. The molecule has 5 heteroatoms. The van der Waals surface area contributed by atoms with Gasteiger partial charge in [0, 0.05) is 37.2 Å². The number of carboxylic acids is 1. The minimum absolute atomic E-state index is 0.0951. The number of carboxylic acid groups (broad SMARTS) is 1. The van der Waals surface area contributed by atoms with Gasteiger partial charge in [0.25, 0.3) is 0 Å². The van der Waals surface area contributed by atoms with Crippen LogP contribution in [0.5, 0.6) is 0 Å². The van der Waals surface area contributed by atoms with Crippen LogP contribution in [0.15, 0.2) is 16.9 Å². The number of aliphatic carboxylic acids is 1. The summed E-state index contributed by atoms with van der Waals surface area (Å²) in [6.07, 6.45) is 1.15. The second-order valence-electron chi connectivity index (χ2n) is 4.33. The quantitative estimate of drug-likeness (QED) is 0.780. The summed E-state index contributed by atoms with van der Waals surface area (Å²) in [5.41, 5.74) is 1.25. The van der Waals surface area contributed by atoms with Gasteiger partial charge >= 0.3 is 5.97 Å². The molecule has 0 amide bonds. The Hall–Kier alpha value is -1.62. The molecule has 1 rings (SSSR count). The normalized spacial score (nSPS) is 12.4. The topological polar surface area (TPSA) is 68.5 Å². The first-order chi connectivity index (χ1) is 8.47. The first kappa shape index (κ1) is 14.4. The van der Waals surface area contributed by atoms with Crippen molar-refractivity contribution < 1.29 is 14.6 Å². The minimum Gasteiger partial charge on any atom is -0.480 e. The molecule has 0 aliphatic rings. The zero-order chi connectivity index (χ0) is 13.7. The zero-order valence-corrected chi connectivity index (χ0v) is 11.0. The highest BCUT2D eigenvalue weighted by Gasteiger charge is 2.21. The Morgan fingerprint density at radius 1 is 1.39 bits per heavy atom. The highest BCUT2D eigenvalue weighted by molar-refractivity contribution is 5.72. The standard InChI is InChI=1S/C13H19NO4/c1-9-7-11(15)8-10(2)14(9)12(13(16)17)5-4-6-18-3/h7-8,12H,4-6H2,1-3H3,(H,16,17). The summed E-state index contributed by atoms with van der Waals surface area (Å²) in [6, 6.07) is 2.26. The van der Waals surface area contributed by atoms with Gasteiger partial charge in [-0.3, -0.25) is 4.79 Å². The van der Waals surface area contributed by atoms with Gasteiger partial charge in [-0.15, -0.1) is 0 Å². The number of ether oxygens (including phenoxy) is 1. The number of aryl methyl sites for hydroxylation is 2. The summed E-state index contributed by atoms with van der Waals surface area (Å²) in [4.78, 5) is 22.7. The number of aromatic nitrogens is 1. The van der Waals surface area contributed by atoms with Crippen LogP contribution in [-0.4, -0.2) is 29.4 Å². The van der Waals surface area contributed by atoms with Crippen LogP contribution in [0.25, 0.3) is 0 Å². The maximum Gasteiger partial charge on any atom is 0.326 e. The van der Waals surface area contributed by atoms with Gasteiger partial charge in [-0.25, -0.2) is 4.79 Å². The molecular formula is C13H19NO4. The van der Waals surface area contributed by atoms with Crippen LogP contribution in [0, 0.1) is 13.8 Å². The van der Waals surface area contributed by atoms with Crippen molar-refractivity contribution in [2.45, 2.75) is 32.7 Å². The van der Waals surface area contributed by atoms with Gasteiger partial charge in [0.2, 0.25) is 0 Å². The van der Waals surface area contributed by atoms with Crippen LogP contribution in [0.2, 0.25) is 0 Å². The van der Waals surface area contributed by atoms with Crippen LogP contribution in [0.1, 0.15) is 30.3 Å². The van der Waals surface area contributed by atoms with Crippen molar-refractivity contribution in [2.75, 3.05) is 13.7 Å². The number of hydrogen-bond donors (Lipinski definition) is 1. The van der Waals surface area contributed by atoms with Crippen molar-refractivity contribution in [2.24, 2.45) is 0 Å². The van der Waals surface area contributed by atoms with Crippen molar-refractivity contribution >= 4 is 5.97 Å². The molecule has 5 nitrogen and oxygen atoms in total. The third-order valence-electron chi connectivity index (χ3n) is 2.89. The van der Waals surface area contributed by atoms with Crippen LogP contribution < -0.4 is 5.43 Å². The van der Waals surface area contributed by atoms with Crippen LogP contribution in [-0.2, 0) is 9.53 Å². The molecule has 0 aliphatic heterocycles. The maximum atomic E-state index is 11.3. The van der Waals surface area contributed by atoms with E-state index in [1.54, 1.807) is 25.5 Å². The molecule has 1 heterocycles. The molecule has 0 saturated carbocycles. The number of methoxy groups -OCH3 is 1. The molecule has 18 heavy (non-hydrogen) atoms. The summed E-state index contributed by atoms with van der Waals surface area (Å²) < 4.78 is 6.63. The third-order valence-corrected chi connectivity index (χ3v) is 2.89. The van der Waals surface area contributed by atoms with E-state index >= 15 is 0 Å². The van der Waals surface area contributed by atoms with E-state index in [4.69, 9.17) is 4.74 Å². The first-order valence-electron chi connectivity index (χ1n) is 5.89. The van der Waals surface area contributed by atoms with Crippen LogP contribution in [0.4, 0.5) is 0 Å². The molecular weight excluding hydrogens is 234 g/mol. The predicted molar refractivity (Wildman–Crippen MR) is 68.0 cm³/mol. The molecule has 0 spiro atoms. The molecule has 1 aromatic rings. The van der Waals surface area contributed by atoms with Gasteiger partial charge < -0.3 is 14.4 Å². The van der Waals surface area contributed by atoms with Crippen molar-refractivity contribution in [3.05, 3.63) is 33.7 Å². The lowest BCUT2D eigenvalue weighted by atomic mass is 10.1. The number of nitrogens with zero attached hydrogens (tertiary/aromatic N) is 1. The zero-order valence-electron chi connectivity index (χ0n) is 11.0. The largest absolute Gasteiger partial charge is 0.480 e. The Labute approximate surface area is 106 Å². The molecule has 0 aliphatic carbocycles. The molecule has 0 aromatic carbocycles. The molecule has 1 aromatic heterocycles. The molecule has 0 fully saturated rings. The monoisotopic (exact) mass is 253 g/mol. The van der Waals surface area contributed by atoms with Gasteiger partial charge in [-0.2, -0.15) is 0 Å². The second kappa shape index (κ2) is 6.35. The average molecular weight is 253 g/mol. The van der Waals surface area contributed by atoms with Gasteiger partial charge in [0.05, 0.1) is 0 Å². The molecule has 1 atom stereocenters. The second-order valence-corrected chi connectivity index (χ2v) is 4.33. The van der Waals surface area contributed by atoms with Gasteiger partial charge in [0.15, 0.2) is 5.43 Å². The molecule has 100 valence electrons. The van der Waals surface area contributed by atoms with Gasteiger partial charge in [-0.1, -0.05) is 0 Å². The lowest BCUT2D eigenvalue weighted by Gasteiger charge is -2.21. The van der Waals surface area contributed by atoms with Crippen molar-refractivity contribution in [1.29, 1.82) is 0 Å². The fourth-order valence-electron chi connectivity index (χ4n) is 2.15. The summed E-state index contributed by atoms with van der Waals surface area (Å²) in [5, 5.41) is 9.30. The van der Waals surface area contributed by atoms with E-state index < -0.39 is 12.0 Å². The molecule has 0 radical (unpaired) electrons. The third kappa shape index (κ3) is 3.43. The van der Waals surface area contributed by atoms with E-state index in [2.05, 4.69) is 0 Å². The summed E-state index contributed by atoms with van der Waals surface area (Å²) in [6.45, 7) is 4.03. The van der Waals surface area contributed by atoms with Gasteiger partial charge in [0.1, 0.15) is 6.04 Å². The van der Waals surface area contributed by atoms with E-state index in [1.165, 1.54) is 12.1 Å². The molecule has 0 bridgehead atoms. The van der Waals surface area contributed by atoms with Crippen molar-refractivity contribution in [1.82, 2.24) is 4.57 Å². The Morgan fingerprint density at radius 3 is 2.39 bits per heavy atom. The number of carbonyl (C=O) groups is 1. The molecule has 1 N–H and O–H groups in total. The maximum absolute atomic E-state index is 11.3. The Balaban J connectivity index is 3.06. The van der Waals surface area contributed by atoms with Crippen molar-refractivity contribution in [3.63, 3.8) is 0 Å². The summed E-state index contributed by atoms with van der Waals surface area (Å²) in [7, 11) is 1.59. The number of hydrogen-bond acceptors (Lipinski definition) is 3. The van der Waals surface area contributed by atoms with Crippen LogP contribution >= 0.6 is 0 Å². The Morgan fingerprint density at radius 2 is 1.94 bits per heavy atom. The SMILES string of the molecule is COCCCC(C(=O)O)n1c(C)cc(=O)cc1C. The summed E-state index contributed by atoms with van der Waals surface area (Å²) >= 11 is 0. The van der Waals surface area contributed by atoms with Crippen molar-refractivity contribution in [3.8, 4) is 0 Å². The number of pyridine rings is 1. The van der Waals surface area contributed by atoms with E-state index in [0.29, 0.717) is 30.8 Å². The highest BCUT2D eigenvalue weighted by Crippen LogP contribution is 2.18. The summed E-state index contributed by atoms with van der Waals surface area (Å²) in [5.74, 6) is -0.888. The lowest BCUT2D eigenvalue weighted by Crippen LogP contribution is -2.25. The van der Waals surface area contributed by atoms with E-state index in [9.17, 15) is 14.7 Å². The predicted octanol–water partition coefficient (Wildman–Crippen LogP) is 1.52. The number of rotatable bonds is 6. The average Bonchev–Trinajstić information content (AvgIpc) is 2.25. The smallest absolute Gasteiger partial charge is 0.326 e. The lowest BCUT2D eigenvalue weighted by molar-refractivity contribution is -0.141. The minimum atomic E-state index is -0.888. The fourth-order valence-corrected chi connectivity index (χ4v) is 2.15. The van der Waals surface area contributed by atoms with Gasteiger partial charge in [-0.05, 0) is 26.7 Å².